The molecule has 2 aromatic rings. The number of hydrogen-bond acceptors (Lipinski definition) is 5. The quantitative estimate of drug-likeness (QED) is 0.472. The van der Waals surface area contributed by atoms with Crippen LogP contribution in [0.25, 0.3) is 0 Å². The zero-order valence-electron chi connectivity index (χ0n) is 20.1. The monoisotopic (exact) mass is 477 g/mol. The van der Waals surface area contributed by atoms with Gasteiger partial charge in [-0.05, 0) is 46.4 Å². The Labute approximate surface area is 195 Å². The van der Waals surface area contributed by atoms with Crippen LogP contribution >= 0.6 is 8.73 Å². The first-order chi connectivity index (χ1) is 15.3. The van der Waals surface area contributed by atoms with Crippen molar-refractivity contribution in [3.05, 3.63) is 42.5 Å². The lowest BCUT2D eigenvalue weighted by atomic mass is 9.89. The highest BCUT2D eigenvalue weighted by atomic mass is 32.2. The van der Waals surface area contributed by atoms with Gasteiger partial charge in [-0.15, -0.1) is 0 Å². The van der Waals surface area contributed by atoms with Crippen molar-refractivity contribution >= 4 is 35.8 Å². The summed E-state index contributed by atoms with van der Waals surface area (Å²) in [5.41, 5.74) is 2.07. The fourth-order valence-electron chi connectivity index (χ4n) is 4.58. The van der Waals surface area contributed by atoms with Crippen molar-refractivity contribution in [3.8, 4) is 5.75 Å². The number of hydrogen-bond donors (Lipinski definition) is 0. The summed E-state index contributed by atoms with van der Waals surface area (Å²) in [5.74, 6) is 0.558. The van der Waals surface area contributed by atoms with Gasteiger partial charge in [0.25, 0.3) is 0 Å². The minimum absolute atomic E-state index is 0.140. The Morgan fingerprint density at radius 2 is 1.84 bits per heavy atom. The van der Waals surface area contributed by atoms with Crippen molar-refractivity contribution in [2.24, 2.45) is 0 Å². The van der Waals surface area contributed by atoms with Crippen molar-refractivity contribution in [3.63, 3.8) is 0 Å². The average molecular weight is 478 g/mol. The van der Waals surface area contributed by atoms with E-state index in [9.17, 15) is 8.42 Å². The van der Waals surface area contributed by atoms with Crippen molar-refractivity contribution in [2.75, 3.05) is 44.2 Å². The Bertz CT molecular complexity index is 1030. The second kappa shape index (κ2) is 9.98. The molecule has 6 nitrogen and oxygen atoms in total. The highest BCUT2D eigenvalue weighted by molar-refractivity contribution is 7.93. The fraction of sp³-hybridized carbons (Fsp3) is 0.500. The van der Waals surface area contributed by atoms with Crippen LogP contribution in [0.15, 0.2) is 47.4 Å². The van der Waals surface area contributed by atoms with Crippen molar-refractivity contribution < 1.29 is 13.2 Å². The lowest BCUT2D eigenvalue weighted by Gasteiger charge is -2.42. The Morgan fingerprint density at radius 1 is 1.16 bits per heavy atom. The number of fused-ring (bicyclic) bond motifs is 1. The first-order valence-corrected chi connectivity index (χ1v) is 14.1. The maximum Gasteiger partial charge on any atom is 0.248 e. The van der Waals surface area contributed by atoms with E-state index in [0.29, 0.717) is 22.9 Å². The van der Waals surface area contributed by atoms with E-state index in [0.717, 1.165) is 37.1 Å². The summed E-state index contributed by atoms with van der Waals surface area (Å²) in [6, 6.07) is 13.8. The maximum atomic E-state index is 14.2. The molecule has 176 valence electrons. The molecule has 1 aliphatic heterocycles. The molecule has 3 rings (SSSR count). The van der Waals surface area contributed by atoms with Crippen LogP contribution in [0.4, 0.5) is 17.1 Å². The van der Waals surface area contributed by atoms with E-state index in [1.165, 1.54) is 0 Å². The van der Waals surface area contributed by atoms with E-state index in [-0.39, 0.29) is 8.73 Å². The number of sulfonamides is 1. The van der Waals surface area contributed by atoms with Crippen LogP contribution in [-0.4, -0.2) is 52.4 Å². The highest BCUT2D eigenvalue weighted by Gasteiger charge is 2.47. The Hall–Kier alpha value is -1.82. The van der Waals surface area contributed by atoms with Crippen LogP contribution in [0.2, 0.25) is 0 Å². The van der Waals surface area contributed by atoms with Gasteiger partial charge in [0.2, 0.25) is 10.0 Å². The number of ether oxygens (including phenoxy) is 1. The molecule has 2 unspecified atom stereocenters. The zero-order valence-corrected chi connectivity index (χ0v) is 21.9. The molecule has 0 bridgehead atoms. The summed E-state index contributed by atoms with van der Waals surface area (Å²) in [4.78, 5) is 4.46. The molecule has 0 saturated heterocycles. The molecule has 2 atom stereocenters. The summed E-state index contributed by atoms with van der Waals surface area (Å²) >= 11 is 0. The molecule has 0 amide bonds. The smallest absolute Gasteiger partial charge is 0.248 e. The second-order valence-corrected chi connectivity index (χ2v) is 11.5. The predicted octanol–water partition coefficient (Wildman–Crippen LogP) is 5.47. The Kier molecular flexibility index (Phi) is 7.74. The molecule has 0 aromatic heterocycles. The Balaban J connectivity index is 2.38. The van der Waals surface area contributed by atoms with Gasteiger partial charge in [0.1, 0.15) is 10.6 Å². The third-order valence-electron chi connectivity index (χ3n) is 6.36. The van der Waals surface area contributed by atoms with E-state index in [1.54, 1.807) is 17.3 Å². The molecule has 0 aliphatic carbocycles. The Morgan fingerprint density at radius 3 is 2.38 bits per heavy atom. The van der Waals surface area contributed by atoms with Gasteiger partial charge in [0.15, 0.2) is 0 Å². The number of benzene rings is 2. The molecule has 1 heterocycles. The number of para-hydroxylation sites is 1. The van der Waals surface area contributed by atoms with Crippen LogP contribution in [-0.2, 0) is 10.0 Å². The normalized spacial score (nSPS) is 20.9. The van der Waals surface area contributed by atoms with Gasteiger partial charge in [-0.25, -0.2) is 8.42 Å². The van der Waals surface area contributed by atoms with Gasteiger partial charge in [0, 0.05) is 32.4 Å². The van der Waals surface area contributed by atoms with Crippen LogP contribution in [0.3, 0.4) is 0 Å². The zero-order chi connectivity index (χ0) is 23.5. The first-order valence-electron chi connectivity index (χ1n) is 11.2. The third kappa shape index (κ3) is 4.35. The van der Waals surface area contributed by atoms with Crippen LogP contribution in [0, 0.1) is 0 Å². The number of anilines is 3. The number of nitrogens with zero attached hydrogens (tertiary/aromatic N) is 3. The first kappa shape index (κ1) is 24.8. The lowest BCUT2D eigenvalue weighted by Crippen LogP contribution is -2.51. The molecule has 32 heavy (non-hydrogen) atoms. The third-order valence-corrected chi connectivity index (χ3v) is 10.3. The average Bonchev–Trinajstić information content (AvgIpc) is 2.87. The van der Waals surface area contributed by atoms with Crippen LogP contribution in [0.5, 0.6) is 5.75 Å². The van der Waals surface area contributed by atoms with Gasteiger partial charge in [-0.3, -0.25) is 0 Å². The molecule has 0 radical (unpaired) electrons. The van der Waals surface area contributed by atoms with Crippen LogP contribution in [0.1, 0.15) is 39.5 Å². The van der Waals surface area contributed by atoms with Gasteiger partial charge in [0.05, 0.1) is 24.0 Å². The molecule has 0 fully saturated rings. The summed E-state index contributed by atoms with van der Waals surface area (Å²) in [7, 11) is 1.89. The van der Waals surface area contributed by atoms with Gasteiger partial charge >= 0.3 is 0 Å². The molecule has 8 heteroatoms. The molecule has 1 aliphatic rings. The van der Waals surface area contributed by atoms with Gasteiger partial charge < -0.3 is 14.5 Å². The molecular weight excluding hydrogens is 441 g/mol. The highest BCUT2D eigenvalue weighted by Crippen LogP contribution is 2.50. The van der Waals surface area contributed by atoms with E-state index in [1.807, 2.05) is 49.9 Å². The van der Waals surface area contributed by atoms with E-state index in [2.05, 4.69) is 30.9 Å². The standard InChI is InChI=1S/C24H36N3O3PS/c1-7-9-15-24(8-2)18-26(19-13-11-10-12-14-19)21-16-20(25(3)4)22(30-5)17-23(21)32(28,29)27(24)31-6/h10-14,16-17,31H,7-9,15,18H2,1-6H3. The molecule has 0 spiro atoms. The van der Waals surface area contributed by atoms with E-state index >= 15 is 0 Å². The van der Waals surface area contributed by atoms with E-state index < -0.39 is 15.6 Å². The van der Waals surface area contributed by atoms with Crippen molar-refractivity contribution in [1.82, 2.24) is 4.08 Å². The van der Waals surface area contributed by atoms with Crippen molar-refractivity contribution in [2.45, 2.75) is 50.0 Å². The second-order valence-electron chi connectivity index (χ2n) is 8.48. The number of methoxy groups -OCH3 is 1. The van der Waals surface area contributed by atoms with Crippen LogP contribution < -0.4 is 14.5 Å². The number of rotatable bonds is 8. The predicted molar refractivity (Wildman–Crippen MR) is 137 cm³/mol. The minimum Gasteiger partial charge on any atom is -0.495 e. The van der Waals surface area contributed by atoms with Gasteiger partial charge in [-0.1, -0.05) is 44.9 Å². The SMILES string of the molecule is CCCCC1(CC)CN(c2ccccc2)c2cc(N(C)C)c(OC)cc2S(=O)(=O)N1PC. The molecule has 2 aromatic carbocycles. The largest absolute Gasteiger partial charge is 0.495 e. The summed E-state index contributed by atoms with van der Waals surface area (Å²) in [6.45, 7) is 6.85. The fourth-order valence-corrected chi connectivity index (χ4v) is 8.33. The maximum absolute atomic E-state index is 14.2. The van der Waals surface area contributed by atoms with Crippen molar-refractivity contribution in [1.29, 1.82) is 0 Å². The topological polar surface area (TPSA) is 53.1 Å². The molecular formula is C24H36N3O3PS. The number of unbranched alkanes of at least 4 members (excludes halogenated alkanes) is 1. The molecule has 0 saturated carbocycles. The summed E-state index contributed by atoms with van der Waals surface area (Å²) in [6.07, 6.45) is 3.59. The van der Waals surface area contributed by atoms with Gasteiger partial charge in [-0.2, -0.15) is 4.08 Å². The molecule has 0 N–H and O–H groups in total. The minimum atomic E-state index is -3.73. The summed E-state index contributed by atoms with van der Waals surface area (Å²) in [5, 5.41) is 0. The van der Waals surface area contributed by atoms with E-state index in [4.69, 9.17) is 4.74 Å². The lowest BCUT2D eigenvalue weighted by molar-refractivity contribution is 0.256. The summed E-state index contributed by atoms with van der Waals surface area (Å²) < 4.78 is 35.7.